The van der Waals surface area contributed by atoms with E-state index in [0.29, 0.717) is 38.2 Å². The van der Waals surface area contributed by atoms with Crippen LogP contribution in [0.2, 0.25) is 18.1 Å². The lowest BCUT2D eigenvalue weighted by Crippen LogP contribution is -2.50. The summed E-state index contributed by atoms with van der Waals surface area (Å²) in [5, 5.41) is 11.9. The lowest BCUT2D eigenvalue weighted by Gasteiger charge is -2.41. The van der Waals surface area contributed by atoms with Crippen molar-refractivity contribution in [2.24, 2.45) is 0 Å². The second-order valence-corrected chi connectivity index (χ2v) is 17.7. The molecule has 0 saturated heterocycles. The zero-order valence-corrected chi connectivity index (χ0v) is 27.9. The number of benzene rings is 2. The van der Waals surface area contributed by atoms with E-state index in [-0.39, 0.29) is 45.2 Å². The third kappa shape index (κ3) is 8.86. The van der Waals surface area contributed by atoms with Crippen molar-refractivity contribution in [2.75, 3.05) is 13.2 Å². The summed E-state index contributed by atoms with van der Waals surface area (Å²) in [6.45, 7) is 16.0. The van der Waals surface area contributed by atoms with Crippen molar-refractivity contribution >= 4 is 26.3 Å². The van der Waals surface area contributed by atoms with Crippen LogP contribution in [-0.4, -0.2) is 49.3 Å². The van der Waals surface area contributed by atoms with Crippen molar-refractivity contribution in [2.45, 2.75) is 104 Å². The second kappa shape index (κ2) is 14.9. The molecule has 0 spiro atoms. The van der Waals surface area contributed by atoms with Crippen LogP contribution in [0.1, 0.15) is 104 Å². The van der Waals surface area contributed by atoms with E-state index in [0.717, 1.165) is 24.8 Å². The van der Waals surface area contributed by atoms with Crippen LogP contribution in [0.5, 0.6) is 0 Å². The quantitative estimate of drug-likeness (QED) is 0.0750. The molecule has 3 rings (SSSR count). The van der Waals surface area contributed by atoms with Crippen molar-refractivity contribution in [1.29, 1.82) is 0 Å². The SMILES string of the molecule is CCCCOC(=O)c1ccc(C=C(CCCC)[N+](=O)[O-])c(C(=O)N2Cc3ccccc3CC2CO[Si](C)(C)C(C)(C)C)c1. The van der Waals surface area contributed by atoms with Crippen LogP contribution in [0.25, 0.3) is 6.08 Å². The molecule has 0 radical (unpaired) electrons. The van der Waals surface area contributed by atoms with E-state index in [4.69, 9.17) is 9.16 Å². The highest BCUT2D eigenvalue weighted by atomic mass is 28.4. The Morgan fingerprint density at radius 2 is 1.74 bits per heavy atom. The highest BCUT2D eigenvalue weighted by Crippen LogP contribution is 2.37. The van der Waals surface area contributed by atoms with E-state index in [1.807, 2.05) is 36.9 Å². The number of fused-ring (bicyclic) bond motifs is 1. The molecule has 8 nitrogen and oxygen atoms in total. The zero-order chi connectivity index (χ0) is 31.8. The van der Waals surface area contributed by atoms with Crippen LogP contribution >= 0.6 is 0 Å². The molecule has 0 N–H and O–H groups in total. The molecule has 0 fully saturated rings. The molecule has 1 unspecified atom stereocenters. The maximum absolute atomic E-state index is 14.5. The fraction of sp³-hybridized carbons (Fsp3) is 0.529. The first-order valence-electron chi connectivity index (χ1n) is 15.5. The van der Waals surface area contributed by atoms with Gasteiger partial charge in [0.1, 0.15) is 0 Å². The maximum Gasteiger partial charge on any atom is 0.338 e. The molecule has 0 aliphatic carbocycles. The topological polar surface area (TPSA) is 99.0 Å². The van der Waals surface area contributed by atoms with Crippen LogP contribution in [0.4, 0.5) is 0 Å². The van der Waals surface area contributed by atoms with Gasteiger partial charge in [0.15, 0.2) is 8.32 Å². The van der Waals surface area contributed by atoms with Crippen LogP contribution < -0.4 is 0 Å². The van der Waals surface area contributed by atoms with Crippen molar-refractivity contribution in [3.63, 3.8) is 0 Å². The van der Waals surface area contributed by atoms with Gasteiger partial charge in [-0.1, -0.05) is 77.8 Å². The van der Waals surface area contributed by atoms with Gasteiger partial charge in [-0.3, -0.25) is 14.9 Å². The number of rotatable bonds is 13. The average Bonchev–Trinajstić information content (AvgIpc) is 2.96. The predicted octanol–water partition coefficient (Wildman–Crippen LogP) is 8.04. The molecule has 0 aromatic heterocycles. The molecule has 234 valence electrons. The summed E-state index contributed by atoms with van der Waals surface area (Å²) in [5.41, 5.74) is 3.19. The highest BCUT2D eigenvalue weighted by Gasteiger charge is 2.39. The Labute approximate surface area is 257 Å². The fourth-order valence-electron chi connectivity index (χ4n) is 4.79. The summed E-state index contributed by atoms with van der Waals surface area (Å²) in [4.78, 5) is 40.7. The average molecular weight is 609 g/mol. The van der Waals surface area contributed by atoms with Crippen LogP contribution in [0.3, 0.4) is 0 Å². The number of nitrogens with zero attached hydrogens (tertiary/aromatic N) is 2. The van der Waals surface area contributed by atoms with E-state index in [9.17, 15) is 19.7 Å². The van der Waals surface area contributed by atoms with Crippen molar-refractivity contribution in [3.05, 3.63) is 86.1 Å². The van der Waals surface area contributed by atoms with Gasteiger partial charge < -0.3 is 14.1 Å². The van der Waals surface area contributed by atoms with Gasteiger partial charge in [0, 0.05) is 24.6 Å². The number of ether oxygens (including phenoxy) is 1. The first kappa shape index (κ1) is 34.2. The lowest BCUT2D eigenvalue weighted by atomic mass is 9.92. The van der Waals surface area contributed by atoms with Gasteiger partial charge in [0.05, 0.1) is 29.7 Å². The zero-order valence-electron chi connectivity index (χ0n) is 26.9. The number of carbonyl (C=O) groups excluding carboxylic acids is 2. The number of allylic oxidation sites excluding steroid dienone is 1. The van der Waals surface area contributed by atoms with Crippen molar-refractivity contribution in [3.8, 4) is 0 Å². The summed E-state index contributed by atoms with van der Waals surface area (Å²) in [6.07, 6.45) is 5.50. The van der Waals surface area contributed by atoms with E-state index < -0.39 is 14.3 Å². The fourth-order valence-corrected chi connectivity index (χ4v) is 5.83. The van der Waals surface area contributed by atoms with Crippen LogP contribution in [-0.2, 0) is 22.1 Å². The Bertz CT molecular complexity index is 1330. The Hall–Kier alpha value is -3.30. The standard InChI is InChI=1S/C34H48N2O6Si/c1-8-10-16-29(36(39)40)21-26-17-18-27(33(38)41-19-11-9-2)22-31(26)32(37)35-23-28-15-13-12-14-25(28)20-30(35)24-42-43(6,7)34(3,4)5/h12-15,17-18,21-22,30H,8-11,16,19-20,23-24H2,1-7H3. The van der Waals surface area contributed by atoms with Gasteiger partial charge >= 0.3 is 5.97 Å². The van der Waals surface area contributed by atoms with Crippen LogP contribution in [0, 0.1) is 10.1 Å². The number of esters is 1. The lowest BCUT2D eigenvalue weighted by molar-refractivity contribution is -0.426. The monoisotopic (exact) mass is 608 g/mol. The Kier molecular flexibility index (Phi) is 11.9. The molecule has 2 aromatic rings. The molecule has 43 heavy (non-hydrogen) atoms. The molecule has 1 aliphatic heterocycles. The summed E-state index contributed by atoms with van der Waals surface area (Å²) < 4.78 is 12.1. The molecular weight excluding hydrogens is 560 g/mol. The maximum atomic E-state index is 14.5. The van der Waals surface area contributed by atoms with Gasteiger partial charge in [-0.2, -0.15) is 0 Å². The number of hydrogen-bond acceptors (Lipinski definition) is 6. The molecule has 2 aromatic carbocycles. The minimum atomic E-state index is -2.11. The summed E-state index contributed by atoms with van der Waals surface area (Å²) >= 11 is 0. The largest absolute Gasteiger partial charge is 0.462 e. The number of hydrogen-bond donors (Lipinski definition) is 0. The van der Waals surface area contributed by atoms with Gasteiger partial charge in [-0.25, -0.2) is 4.79 Å². The van der Waals surface area contributed by atoms with E-state index in [1.165, 1.54) is 17.7 Å². The van der Waals surface area contributed by atoms with Crippen LogP contribution in [0.15, 0.2) is 48.2 Å². The van der Waals surface area contributed by atoms with Gasteiger partial charge in [0.2, 0.25) is 5.70 Å². The van der Waals surface area contributed by atoms with E-state index >= 15 is 0 Å². The number of nitro groups is 1. The Morgan fingerprint density at radius 3 is 2.37 bits per heavy atom. The third-order valence-electron chi connectivity index (χ3n) is 8.65. The van der Waals surface area contributed by atoms with Gasteiger partial charge in [-0.15, -0.1) is 0 Å². The summed E-state index contributed by atoms with van der Waals surface area (Å²) in [5.74, 6) is -0.800. The molecule has 1 heterocycles. The number of carbonyl (C=O) groups is 2. The van der Waals surface area contributed by atoms with E-state index in [2.05, 4.69) is 39.9 Å². The smallest absolute Gasteiger partial charge is 0.338 e. The molecule has 9 heteroatoms. The van der Waals surface area contributed by atoms with E-state index in [1.54, 1.807) is 12.1 Å². The molecule has 0 saturated carbocycles. The second-order valence-electron chi connectivity index (χ2n) is 12.9. The number of unbranched alkanes of at least 4 members (excludes halogenated alkanes) is 2. The molecule has 1 aliphatic rings. The van der Waals surface area contributed by atoms with Crippen molar-refractivity contribution < 1.29 is 23.7 Å². The minimum absolute atomic E-state index is 0.0102. The number of amides is 1. The Balaban J connectivity index is 2.08. The summed E-state index contributed by atoms with van der Waals surface area (Å²) in [7, 11) is -2.11. The summed E-state index contributed by atoms with van der Waals surface area (Å²) in [6, 6.07) is 12.6. The molecule has 1 amide bonds. The highest BCUT2D eigenvalue weighted by molar-refractivity contribution is 6.74. The predicted molar refractivity (Wildman–Crippen MR) is 173 cm³/mol. The third-order valence-corrected chi connectivity index (χ3v) is 13.2. The van der Waals surface area contributed by atoms with Gasteiger partial charge in [0.25, 0.3) is 5.91 Å². The molecule has 1 atom stereocenters. The first-order chi connectivity index (χ1) is 20.3. The van der Waals surface area contributed by atoms with Crippen molar-refractivity contribution in [1.82, 2.24) is 4.90 Å². The molecular formula is C34H48N2O6Si. The molecule has 0 bridgehead atoms. The Morgan fingerprint density at radius 1 is 1.07 bits per heavy atom. The normalized spacial score (nSPS) is 15.7. The van der Waals surface area contributed by atoms with Gasteiger partial charge in [-0.05, 0) is 66.2 Å². The minimum Gasteiger partial charge on any atom is -0.462 e. The first-order valence-corrected chi connectivity index (χ1v) is 18.4.